The number of amides is 1. The molecule has 12 N–H and O–H groups in total. The van der Waals surface area contributed by atoms with Gasteiger partial charge in [-0.1, -0.05) is 175 Å². The average Bonchev–Trinajstić information content (AvgIpc) is 3.60. The topological polar surface area (TPSA) is 307 Å². The van der Waals surface area contributed by atoms with Crippen LogP contribution in [0, 0.1) is 0 Å². The number of allylic oxidation sites excluding steroid dienone is 15. The number of aliphatic hydroxyl groups excluding tert-OH is 11. The molecule has 0 spiro atoms. The van der Waals surface area contributed by atoms with E-state index in [-0.39, 0.29) is 18.9 Å². The van der Waals surface area contributed by atoms with Crippen molar-refractivity contribution in [3.05, 3.63) is 97.2 Å². The molecule has 19 heteroatoms. The second kappa shape index (κ2) is 45.1. The van der Waals surface area contributed by atoms with Crippen LogP contribution < -0.4 is 5.32 Å². The molecule has 3 heterocycles. The first kappa shape index (κ1) is 73.0. The predicted molar refractivity (Wildman–Crippen MR) is 314 cm³/mol. The lowest BCUT2D eigenvalue weighted by atomic mass is 9.96. The monoisotopic (exact) mass is 1160 g/mol. The molecule has 82 heavy (non-hydrogen) atoms. The van der Waals surface area contributed by atoms with E-state index in [0.29, 0.717) is 6.42 Å². The number of hydrogen-bond donors (Lipinski definition) is 12. The molecule has 0 aromatic heterocycles. The molecule has 19 nitrogen and oxygen atoms in total. The van der Waals surface area contributed by atoms with E-state index in [1.54, 1.807) is 6.08 Å². The Kier molecular flexibility index (Phi) is 40.1. The van der Waals surface area contributed by atoms with Gasteiger partial charge in [-0.3, -0.25) is 4.79 Å². The lowest BCUT2D eigenvalue weighted by Gasteiger charge is -2.48. The van der Waals surface area contributed by atoms with Gasteiger partial charge in [0.1, 0.15) is 73.2 Å². The molecule has 0 aliphatic carbocycles. The number of carbonyl (C=O) groups excluding carboxylic acids is 1. The van der Waals surface area contributed by atoms with Crippen LogP contribution in [0.5, 0.6) is 0 Å². The standard InChI is InChI=1S/C63H105NO18/c1-3-5-7-9-11-13-14-15-16-17-18-19-20-21-22-23-24-25-26-27-28-29-30-31-32-33-35-37-39-41-51(69)64-46(47(68)40-38-36-34-12-10-8-6-4-2)45-77-61-57(75)54(72)59(49(43-66)79-61)82-63-58(76)55(73)60(50(44-67)80-63)81-62-56(74)53(71)52(70)48(42-65)78-62/h5,7,11,13,15-16,18-19,21-22,24-25,27-28,38,40,46-50,52-63,65-68,70-76H,3-4,6,8-10,12,14,17,20,23,26,29-37,39,41-45H2,1-2H3,(H,64,69)/b7-5-,13-11-,16-15-,19-18-,22-21-,25-24-,28-27-,40-38+. The maximum atomic E-state index is 13.3. The highest BCUT2D eigenvalue weighted by molar-refractivity contribution is 5.76. The Hall–Kier alpha value is -3.29. The van der Waals surface area contributed by atoms with E-state index < -0.39 is 124 Å². The quantitative estimate of drug-likeness (QED) is 0.0255. The first-order chi connectivity index (χ1) is 39.8. The van der Waals surface area contributed by atoms with Crippen LogP contribution >= 0.6 is 0 Å². The van der Waals surface area contributed by atoms with E-state index in [4.69, 9.17) is 28.4 Å². The fourth-order valence-corrected chi connectivity index (χ4v) is 9.64. The number of nitrogens with one attached hydrogen (secondary N) is 1. The smallest absolute Gasteiger partial charge is 0.220 e. The Morgan fingerprint density at radius 2 is 0.841 bits per heavy atom. The minimum absolute atomic E-state index is 0.223. The number of carbonyl (C=O) groups is 1. The molecule has 1 amide bonds. The van der Waals surface area contributed by atoms with E-state index in [0.717, 1.165) is 122 Å². The van der Waals surface area contributed by atoms with Crippen LogP contribution in [-0.2, 0) is 33.2 Å². The summed E-state index contributed by atoms with van der Waals surface area (Å²) in [6, 6.07) is -0.983. The molecule has 0 aromatic carbocycles. The van der Waals surface area contributed by atoms with Gasteiger partial charge in [0.15, 0.2) is 18.9 Å². The van der Waals surface area contributed by atoms with Gasteiger partial charge in [-0.15, -0.1) is 0 Å². The second-order valence-corrected chi connectivity index (χ2v) is 21.4. The van der Waals surface area contributed by atoms with Crippen molar-refractivity contribution in [2.75, 3.05) is 26.4 Å². The first-order valence-electron chi connectivity index (χ1n) is 30.5. The van der Waals surface area contributed by atoms with Crippen molar-refractivity contribution < 1.29 is 89.4 Å². The van der Waals surface area contributed by atoms with Crippen molar-refractivity contribution in [1.82, 2.24) is 5.32 Å². The van der Waals surface area contributed by atoms with Gasteiger partial charge in [0, 0.05) is 6.42 Å². The van der Waals surface area contributed by atoms with Crippen molar-refractivity contribution in [1.29, 1.82) is 0 Å². The largest absolute Gasteiger partial charge is 0.394 e. The summed E-state index contributed by atoms with van der Waals surface area (Å²) in [6.07, 6.45) is 29.9. The Morgan fingerprint density at radius 1 is 0.451 bits per heavy atom. The average molecular weight is 1160 g/mol. The van der Waals surface area contributed by atoms with Crippen molar-refractivity contribution in [3.63, 3.8) is 0 Å². The third-order valence-electron chi connectivity index (χ3n) is 14.6. The zero-order chi connectivity index (χ0) is 59.7. The maximum Gasteiger partial charge on any atom is 0.220 e. The van der Waals surface area contributed by atoms with E-state index in [9.17, 15) is 61.0 Å². The van der Waals surface area contributed by atoms with E-state index >= 15 is 0 Å². The normalized spacial score (nSPS) is 30.3. The van der Waals surface area contributed by atoms with Gasteiger partial charge in [0.2, 0.25) is 5.91 Å². The fourth-order valence-electron chi connectivity index (χ4n) is 9.64. The van der Waals surface area contributed by atoms with Crippen LogP contribution in [0.25, 0.3) is 0 Å². The summed E-state index contributed by atoms with van der Waals surface area (Å²) < 4.78 is 34.1. The molecule has 0 bridgehead atoms. The Bertz CT molecular complexity index is 1870. The van der Waals surface area contributed by atoms with Crippen LogP contribution in [0.4, 0.5) is 0 Å². The van der Waals surface area contributed by atoms with Gasteiger partial charge < -0.3 is 89.9 Å². The van der Waals surface area contributed by atoms with Gasteiger partial charge in [-0.05, 0) is 77.0 Å². The number of ether oxygens (including phenoxy) is 6. The Morgan fingerprint density at radius 3 is 1.32 bits per heavy atom. The summed E-state index contributed by atoms with van der Waals surface area (Å²) in [5.41, 5.74) is 0. The highest BCUT2D eigenvalue weighted by atomic mass is 16.8. The number of unbranched alkanes of at least 4 members (excludes halogenated alkanes) is 13. The van der Waals surface area contributed by atoms with Crippen molar-refractivity contribution in [2.45, 2.75) is 266 Å². The molecule has 0 radical (unpaired) electrons. The van der Waals surface area contributed by atoms with Crippen LogP contribution in [-0.4, -0.2) is 193 Å². The maximum absolute atomic E-state index is 13.3. The third-order valence-corrected chi connectivity index (χ3v) is 14.6. The van der Waals surface area contributed by atoms with Crippen molar-refractivity contribution in [2.24, 2.45) is 0 Å². The van der Waals surface area contributed by atoms with Crippen molar-refractivity contribution >= 4 is 5.91 Å². The second-order valence-electron chi connectivity index (χ2n) is 21.4. The number of aliphatic hydroxyl groups is 11. The predicted octanol–water partition coefficient (Wildman–Crippen LogP) is 5.76. The zero-order valence-electron chi connectivity index (χ0n) is 48.9. The molecule has 3 aliphatic heterocycles. The van der Waals surface area contributed by atoms with Crippen LogP contribution in [0.15, 0.2) is 97.2 Å². The van der Waals surface area contributed by atoms with Gasteiger partial charge in [-0.2, -0.15) is 0 Å². The van der Waals surface area contributed by atoms with Crippen molar-refractivity contribution in [3.8, 4) is 0 Å². The summed E-state index contributed by atoms with van der Waals surface area (Å²) >= 11 is 0. The summed E-state index contributed by atoms with van der Waals surface area (Å²) in [4.78, 5) is 13.3. The molecular weight excluding hydrogens is 1060 g/mol. The zero-order valence-corrected chi connectivity index (χ0v) is 48.9. The Labute approximate surface area is 488 Å². The molecule has 3 rings (SSSR count). The van der Waals surface area contributed by atoms with Crippen LogP contribution in [0.3, 0.4) is 0 Å². The third kappa shape index (κ3) is 28.3. The molecule has 17 atom stereocenters. The molecule has 3 saturated heterocycles. The summed E-state index contributed by atoms with van der Waals surface area (Å²) in [5.74, 6) is -0.296. The molecule has 0 aromatic rings. The molecule has 470 valence electrons. The number of hydrogen-bond acceptors (Lipinski definition) is 18. The van der Waals surface area contributed by atoms with E-state index in [1.807, 2.05) is 6.08 Å². The van der Waals surface area contributed by atoms with Gasteiger partial charge >= 0.3 is 0 Å². The van der Waals surface area contributed by atoms with E-state index in [1.165, 1.54) is 12.8 Å². The summed E-state index contributed by atoms with van der Waals surface area (Å²) in [7, 11) is 0. The molecule has 3 aliphatic rings. The van der Waals surface area contributed by atoms with E-state index in [2.05, 4.69) is 104 Å². The lowest BCUT2D eigenvalue weighted by molar-refractivity contribution is -0.379. The van der Waals surface area contributed by atoms with Gasteiger partial charge in [0.25, 0.3) is 0 Å². The Balaban J connectivity index is 1.40. The molecular formula is C63H105NO18. The van der Waals surface area contributed by atoms with Crippen LogP contribution in [0.1, 0.15) is 162 Å². The van der Waals surface area contributed by atoms with Crippen LogP contribution in [0.2, 0.25) is 0 Å². The lowest BCUT2D eigenvalue weighted by Crippen LogP contribution is -2.66. The minimum Gasteiger partial charge on any atom is -0.394 e. The molecule has 3 fully saturated rings. The highest BCUT2D eigenvalue weighted by Crippen LogP contribution is 2.33. The van der Waals surface area contributed by atoms with Gasteiger partial charge in [-0.25, -0.2) is 0 Å². The SMILES string of the molecule is CC/C=C\C/C=C\C/C=C\C/C=C\C/C=C\C/C=C\C/C=C\CCCCCCCCCC(=O)NC(COC1OC(CO)C(OC2OC(CO)C(OC3OC(CO)C(O)C(O)C3O)C(O)C2O)C(O)C1O)C(O)/C=C/CCCCCCCC. The highest BCUT2D eigenvalue weighted by Gasteiger charge is 2.53. The molecule has 17 unspecified atom stereocenters. The summed E-state index contributed by atoms with van der Waals surface area (Å²) in [6.45, 7) is 1.51. The minimum atomic E-state index is -1.98. The number of rotatable bonds is 43. The van der Waals surface area contributed by atoms with Gasteiger partial charge in [0.05, 0.1) is 38.6 Å². The first-order valence-corrected chi connectivity index (χ1v) is 30.5. The summed E-state index contributed by atoms with van der Waals surface area (Å²) in [5, 5.41) is 120. The molecule has 0 saturated carbocycles. The fraction of sp³-hybridized carbons (Fsp3) is 0.730.